The van der Waals surface area contributed by atoms with E-state index in [1.807, 2.05) is 23.0 Å². The number of carbonyl (C=O) groups is 1. The predicted molar refractivity (Wildman–Crippen MR) is 87.7 cm³/mol. The van der Waals surface area contributed by atoms with Crippen molar-refractivity contribution in [2.24, 2.45) is 0 Å². The van der Waals surface area contributed by atoms with Crippen LogP contribution in [0.4, 0.5) is 5.13 Å². The summed E-state index contributed by atoms with van der Waals surface area (Å²) in [5.74, 6) is 1.01. The lowest BCUT2D eigenvalue weighted by molar-refractivity contribution is 0.101. The lowest BCUT2D eigenvalue weighted by Crippen LogP contribution is -2.17. The normalized spacial score (nSPS) is 13.5. The molecule has 4 rings (SSSR count). The molecule has 0 saturated carbocycles. The second kappa shape index (κ2) is 5.36. The zero-order valence-electron chi connectivity index (χ0n) is 11.9. The third-order valence-corrected chi connectivity index (χ3v) is 5.29. The van der Waals surface area contributed by atoms with Crippen molar-refractivity contribution in [1.29, 1.82) is 0 Å². The van der Waals surface area contributed by atoms with Crippen LogP contribution in [0.15, 0.2) is 23.1 Å². The fourth-order valence-electron chi connectivity index (χ4n) is 2.56. The van der Waals surface area contributed by atoms with Crippen LogP contribution >= 0.6 is 23.1 Å². The van der Waals surface area contributed by atoms with Crippen molar-refractivity contribution in [1.82, 2.24) is 19.7 Å². The van der Waals surface area contributed by atoms with Gasteiger partial charge >= 0.3 is 0 Å². The minimum atomic E-state index is -0.246. The van der Waals surface area contributed by atoms with E-state index in [1.165, 1.54) is 16.2 Å². The van der Waals surface area contributed by atoms with E-state index in [0.29, 0.717) is 11.0 Å². The molecule has 0 aliphatic carbocycles. The van der Waals surface area contributed by atoms with Gasteiger partial charge in [0, 0.05) is 17.9 Å². The highest BCUT2D eigenvalue weighted by Crippen LogP contribution is 2.29. The standard InChI is InChI=1S/C14H13N5OS2/c1-21-8-4-5-9-10(7-8)22-14(15-9)16-13(20)12-18-17-11-3-2-6-19(11)12/h4-5,7H,2-3,6H2,1H3,(H,15,16,20). The average molecular weight is 331 g/mol. The van der Waals surface area contributed by atoms with Gasteiger partial charge in [-0.1, -0.05) is 11.3 Å². The van der Waals surface area contributed by atoms with Gasteiger partial charge in [-0.15, -0.1) is 22.0 Å². The second-order valence-corrected chi connectivity index (χ2v) is 6.91. The number of carbonyl (C=O) groups excluding carboxylic acids is 1. The molecule has 1 aliphatic rings. The molecule has 3 aromatic rings. The molecule has 0 fully saturated rings. The molecule has 2 aromatic heterocycles. The Kier molecular flexibility index (Phi) is 3.34. The van der Waals surface area contributed by atoms with Gasteiger partial charge in [0.15, 0.2) is 5.13 Å². The minimum absolute atomic E-state index is 0.246. The Labute approximate surface area is 135 Å². The van der Waals surface area contributed by atoms with Crippen LogP contribution in [0.25, 0.3) is 10.2 Å². The van der Waals surface area contributed by atoms with Crippen LogP contribution in [-0.4, -0.2) is 31.9 Å². The number of rotatable bonds is 3. The highest BCUT2D eigenvalue weighted by molar-refractivity contribution is 7.98. The lowest BCUT2D eigenvalue weighted by atomic mass is 10.3. The number of anilines is 1. The second-order valence-electron chi connectivity index (χ2n) is 5.00. The fourth-order valence-corrected chi connectivity index (χ4v) is 3.97. The Morgan fingerprint density at radius 3 is 3.18 bits per heavy atom. The molecule has 22 heavy (non-hydrogen) atoms. The van der Waals surface area contributed by atoms with Crippen LogP contribution in [0, 0.1) is 0 Å². The number of nitrogens with zero attached hydrogens (tertiary/aromatic N) is 4. The number of thioether (sulfide) groups is 1. The molecule has 3 heterocycles. The number of hydrogen-bond acceptors (Lipinski definition) is 6. The van der Waals surface area contributed by atoms with Gasteiger partial charge in [-0.25, -0.2) is 4.98 Å². The van der Waals surface area contributed by atoms with Gasteiger partial charge in [0.25, 0.3) is 5.91 Å². The van der Waals surface area contributed by atoms with Crippen molar-refractivity contribution in [2.75, 3.05) is 11.6 Å². The molecular weight excluding hydrogens is 318 g/mol. The number of thiazole rings is 1. The van der Waals surface area contributed by atoms with E-state index in [1.54, 1.807) is 11.8 Å². The van der Waals surface area contributed by atoms with Crippen molar-refractivity contribution >= 4 is 44.4 Å². The summed E-state index contributed by atoms with van der Waals surface area (Å²) < 4.78 is 2.95. The van der Waals surface area contributed by atoms with Crippen LogP contribution in [-0.2, 0) is 13.0 Å². The molecule has 0 saturated heterocycles. The van der Waals surface area contributed by atoms with Gasteiger partial charge in [-0.3, -0.25) is 10.1 Å². The monoisotopic (exact) mass is 331 g/mol. The largest absolute Gasteiger partial charge is 0.307 e. The van der Waals surface area contributed by atoms with E-state index < -0.39 is 0 Å². The van der Waals surface area contributed by atoms with Crippen LogP contribution < -0.4 is 5.32 Å². The average Bonchev–Trinajstić information content (AvgIpc) is 3.20. The number of hydrogen-bond donors (Lipinski definition) is 1. The molecule has 1 aromatic carbocycles. The minimum Gasteiger partial charge on any atom is -0.307 e. The number of aryl methyl sites for hydroxylation is 1. The highest BCUT2D eigenvalue weighted by Gasteiger charge is 2.22. The number of nitrogens with one attached hydrogen (secondary N) is 1. The number of amides is 1. The van der Waals surface area contributed by atoms with E-state index in [-0.39, 0.29) is 5.91 Å². The molecule has 6 nitrogen and oxygen atoms in total. The summed E-state index contributed by atoms with van der Waals surface area (Å²) in [5.41, 5.74) is 0.893. The summed E-state index contributed by atoms with van der Waals surface area (Å²) in [6.45, 7) is 0.808. The SMILES string of the molecule is CSc1ccc2nc(NC(=O)c3nnc4n3CCC4)sc2c1. The third-order valence-electron chi connectivity index (χ3n) is 3.63. The Bertz CT molecular complexity index is 869. The summed E-state index contributed by atoms with van der Waals surface area (Å²) in [7, 11) is 0. The number of fused-ring (bicyclic) bond motifs is 2. The van der Waals surface area contributed by atoms with Crippen molar-refractivity contribution in [3.8, 4) is 0 Å². The summed E-state index contributed by atoms with van der Waals surface area (Å²) in [4.78, 5) is 18.0. The van der Waals surface area contributed by atoms with E-state index in [9.17, 15) is 4.79 Å². The number of benzene rings is 1. The van der Waals surface area contributed by atoms with Crippen molar-refractivity contribution < 1.29 is 4.79 Å². The zero-order valence-corrected chi connectivity index (χ0v) is 13.5. The molecule has 0 atom stereocenters. The predicted octanol–water partition coefficient (Wildman–Crippen LogP) is 2.81. The highest BCUT2D eigenvalue weighted by atomic mass is 32.2. The molecule has 1 amide bonds. The molecule has 0 bridgehead atoms. The van der Waals surface area contributed by atoms with Gasteiger partial charge in [-0.05, 0) is 30.9 Å². The quantitative estimate of drug-likeness (QED) is 0.747. The Hall–Kier alpha value is -1.93. The summed E-state index contributed by atoms with van der Waals surface area (Å²) in [5, 5.41) is 11.5. The van der Waals surface area contributed by atoms with Crippen molar-refractivity contribution in [3.63, 3.8) is 0 Å². The maximum absolute atomic E-state index is 12.4. The van der Waals surface area contributed by atoms with Crippen LogP contribution in [0.2, 0.25) is 0 Å². The maximum atomic E-state index is 12.4. The number of aromatic nitrogens is 4. The molecule has 8 heteroatoms. The first-order valence-electron chi connectivity index (χ1n) is 6.92. The van der Waals surface area contributed by atoms with E-state index >= 15 is 0 Å². The molecule has 112 valence electrons. The zero-order chi connectivity index (χ0) is 15.1. The van der Waals surface area contributed by atoms with E-state index in [0.717, 1.165) is 35.4 Å². The first-order valence-corrected chi connectivity index (χ1v) is 8.97. The first-order chi connectivity index (χ1) is 10.7. The summed E-state index contributed by atoms with van der Waals surface area (Å²) >= 11 is 3.16. The smallest absolute Gasteiger partial charge is 0.295 e. The Morgan fingerprint density at radius 1 is 1.41 bits per heavy atom. The fraction of sp³-hybridized carbons (Fsp3) is 0.286. The van der Waals surface area contributed by atoms with E-state index in [2.05, 4.69) is 26.6 Å². The van der Waals surface area contributed by atoms with Gasteiger partial charge in [0.1, 0.15) is 5.82 Å². The molecule has 0 spiro atoms. The van der Waals surface area contributed by atoms with E-state index in [4.69, 9.17) is 0 Å². The van der Waals surface area contributed by atoms with Gasteiger partial charge < -0.3 is 4.57 Å². The molecule has 0 radical (unpaired) electrons. The summed E-state index contributed by atoms with van der Waals surface area (Å²) in [6.07, 6.45) is 3.94. The maximum Gasteiger partial charge on any atom is 0.295 e. The Morgan fingerprint density at radius 2 is 2.32 bits per heavy atom. The van der Waals surface area contributed by atoms with Crippen LogP contribution in [0.5, 0.6) is 0 Å². The molecule has 0 unspecified atom stereocenters. The topological polar surface area (TPSA) is 72.7 Å². The molecular formula is C14H13N5OS2. The van der Waals surface area contributed by atoms with Crippen LogP contribution in [0.1, 0.15) is 22.9 Å². The van der Waals surface area contributed by atoms with Crippen molar-refractivity contribution in [2.45, 2.75) is 24.3 Å². The lowest BCUT2D eigenvalue weighted by Gasteiger charge is -2.01. The first kappa shape index (κ1) is 13.7. The summed E-state index contributed by atoms with van der Waals surface area (Å²) in [6, 6.07) is 6.09. The Balaban J connectivity index is 1.61. The van der Waals surface area contributed by atoms with Crippen LogP contribution in [0.3, 0.4) is 0 Å². The molecule has 1 aliphatic heterocycles. The van der Waals surface area contributed by atoms with Gasteiger partial charge in [0.05, 0.1) is 10.2 Å². The molecule has 1 N–H and O–H groups in total. The van der Waals surface area contributed by atoms with Gasteiger partial charge in [0.2, 0.25) is 5.82 Å². The van der Waals surface area contributed by atoms with Gasteiger partial charge in [-0.2, -0.15) is 0 Å². The van der Waals surface area contributed by atoms with Crippen molar-refractivity contribution in [3.05, 3.63) is 29.8 Å². The third kappa shape index (κ3) is 2.28.